The molecule has 0 bridgehead atoms. The number of anilines is 1. The number of methoxy groups -OCH3 is 1. The van der Waals surface area contributed by atoms with Crippen molar-refractivity contribution in [3.63, 3.8) is 0 Å². The summed E-state index contributed by atoms with van der Waals surface area (Å²) in [6.45, 7) is -0.629. The Balaban J connectivity index is 2.96. The quantitative estimate of drug-likeness (QED) is 0.707. The Morgan fingerprint density at radius 2 is 2.07 bits per heavy atom. The monoisotopic (exact) mass is 209 g/mol. The molecule has 0 spiro atoms. The molecule has 0 fully saturated rings. The fourth-order valence-corrected chi connectivity index (χ4v) is 1.07. The molecular weight excluding hydrogens is 198 g/mol. The highest BCUT2D eigenvalue weighted by molar-refractivity contribution is 6.01. The summed E-state index contributed by atoms with van der Waals surface area (Å²) in [6, 6.07) is 6.40. The number of rotatable bonds is 3. The third-order valence-electron chi connectivity index (χ3n) is 1.75. The molecule has 0 saturated heterocycles. The highest BCUT2D eigenvalue weighted by atomic mass is 16.5. The Morgan fingerprint density at radius 3 is 2.67 bits per heavy atom. The lowest BCUT2D eigenvalue weighted by atomic mass is 10.2. The van der Waals surface area contributed by atoms with Gasteiger partial charge in [-0.1, -0.05) is 12.1 Å². The molecule has 1 aromatic carbocycles. The Labute approximate surface area is 86.7 Å². The summed E-state index contributed by atoms with van der Waals surface area (Å²) in [6.07, 6.45) is 0. The summed E-state index contributed by atoms with van der Waals surface area (Å²) in [7, 11) is 1.26. The molecule has 0 aliphatic rings. The average molecular weight is 209 g/mol. The molecular formula is C10H11NO4. The predicted octanol–water partition coefficient (Wildman–Crippen LogP) is 0.404. The smallest absolute Gasteiger partial charge is 0.339 e. The van der Waals surface area contributed by atoms with Crippen molar-refractivity contribution in [3.05, 3.63) is 29.8 Å². The van der Waals surface area contributed by atoms with Crippen molar-refractivity contribution < 1.29 is 19.4 Å². The third-order valence-corrected chi connectivity index (χ3v) is 1.75. The molecule has 0 radical (unpaired) electrons. The molecule has 0 aromatic heterocycles. The van der Waals surface area contributed by atoms with Gasteiger partial charge in [-0.3, -0.25) is 4.79 Å². The molecule has 0 aliphatic carbocycles. The number of nitrogens with one attached hydrogen (secondary N) is 1. The van der Waals surface area contributed by atoms with E-state index < -0.39 is 18.5 Å². The number of aliphatic hydroxyl groups excluding tert-OH is 1. The number of carbonyl (C=O) groups excluding carboxylic acids is 2. The topological polar surface area (TPSA) is 75.6 Å². The van der Waals surface area contributed by atoms with Gasteiger partial charge in [-0.15, -0.1) is 0 Å². The van der Waals surface area contributed by atoms with Crippen LogP contribution in [-0.2, 0) is 9.53 Å². The molecule has 0 aliphatic heterocycles. The van der Waals surface area contributed by atoms with E-state index in [-0.39, 0.29) is 5.56 Å². The number of para-hydroxylation sites is 1. The van der Waals surface area contributed by atoms with Crippen molar-refractivity contribution in [1.82, 2.24) is 0 Å². The zero-order valence-corrected chi connectivity index (χ0v) is 8.19. The second-order valence-corrected chi connectivity index (χ2v) is 2.74. The zero-order valence-electron chi connectivity index (χ0n) is 8.19. The molecule has 80 valence electrons. The van der Waals surface area contributed by atoms with E-state index in [1.165, 1.54) is 13.2 Å². The summed E-state index contributed by atoms with van der Waals surface area (Å²) in [5, 5.41) is 10.9. The molecule has 0 saturated carbocycles. The first-order valence-electron chi connectivity index (χ1n) is 4.27. The van der Waals surface area contributed by atoms with Crippen molar-refractivity contribution in [3.8, 4) is 0 Å². The van der Waals surface area contributed by atoms with Gasteiger partial charge in [0.15, 0.2) is 0 Å². The predicted molar refractivity (Wildman–Crippen MR) is 53.5 cm³/mol. The van der Waals surface area contributed by atoms with Crippen LogP contribution in [0.5, 0.6) is 0 Å². The number of benzene rings is 1. The molecule has 1 aromatic rings. The van der Waals surface area contributed by atoms with Gasteiger partial charge in [-0.05, 0) is 12.1 Å². The SMILES string of the molecule is COC(=O)c1ccccc1NC(=O)CO. The first-order chi connectivity index (χ1) is 7.19. The zero-order chi connectivity index (χ0) is 11.3. The average Bonchev–Trinajstić information content (AvgIpc) is 2.28. The van der Waals surface area contributed by atoms with Crippen LogP contribution < -0.4 is 5.32 Å². The lowest BCUT2D eigenvalue weighted by Crippen LogP contribution is -2.18. The van der Waals surface area contributed by atoms with Gasteiger partial charge in [0.25, 0.3) is 0 Å². The van der Waals surface area contributed by atoms with Crippen molar-refractivity contribution in [2.75, 3.05) is 19.0 Å². The van der Waals surface area contributed by atoms with Crippen LogP contribution in [0.1, 0.15) is 10.4 Å². The van der Waals surface area contributed by atoms with E-state index in [1.54, 1.807) is 18.2 Å². The Hall–Kier alpha value is -1.88. The lowest BCUT2D eigenvalue weighted by Gasteiger charge is -2.07. The van der Waals surface area contributed by atoms with Gasteiger partial charge in [0.1, 0.15) is 6.61 Å². The molecule has 0 heterocycles. The van der Waals surface area contributed by atoms with E-state index in [4.69, 9.17) is 5.11 Å². The van der Waals surface area contributed by atoms with Crippen molar-refractivity contribution >= 4 is 17.6 Å². The van der Waals surface area contributed by atoms with E-state index in [9.17, 15) is 9.59 Å². The number of ether oxygens (including phenoxy) is 1. The maximum Gasteiger partial charge on any atom is 0.339 e. The van der Waals surface area contributed by atoms with Crippen LogP contribution in [0.3, 0.4) is 0 Å². The molecule has 5 nitrogen and oxygen atoms in total. The van der Waals surface area contributed by atoms with Gasteiger partial charge in [0.05, 0.1) is 18.4 Å². The first-order valence-corrected chi connectivity index (χ1v) is 4.27. The minimum absolute atomic E-state index is 0.252. The fourth-order valence-electron chi connectivity index (χ4n) is 1.07. The normalized spacial score (nSPS) is 9.47. The van der Waals surface area contributed by atoms with Gasteiger partial charge in [-0.25, -0.2) is 4.79 Å². The second kappa shape index (κ2) is 5.11. The Morgan fingerprint density at radius 1 is 1.40 bits per heavy atom. The van der Waals surface area contributed by atoms with Crippen molar-refractivity contribution in [2.24, 2.45) is 0 Å². The van der Waals surface area contributed by atoms with Gasteiger partial charge in [-0.2, -0.15) is 0 Å². The van der Waals surface area contributed by atoms with E-state index in [0.29, 0.717) is 5.69 Å². The highest BCUT2D eigenvalue weighted by Crippen LogP contribution is 2.15. The summed E-state index contributed by atoms with van der Waals surface area (Å²) in [5.74, 6) is -1.12. The highest BCUT2D eigenvalue weighted by Gasteiger charge is 2.12. The van der Waals surface area contributed by atoms with Crippen LogP contribution in [0.15, 0.2) is 24.3 Å². The van der Waals surface area contributed by atoms with E-state index in [2.05, 4.69) is 10.1 Å². The molecule has 0 atom stereocenters. The maximum atomic E-state index is 11.3. The standard InChI is InChI=1S/C10H11NO4/c1-15-10(14)7-4-2-3-5-8(7)11-9(13)6-12/h2-5,12H,6H2,1H3,(H,11,13). The van der Waals surface area contributed by atoms with E-state index in [1.807, 2.05) is 0 Å². The summed E-state index contributed by atoms with van der Waals surface area (Å²) >= 11 is 0. The van der Waals surface area contributed by atoms with E-state index in [0.717, 1.165) is 0 Å². The van der Waals surface area contributed by atoms with Crippen LogP contribution in [-0.4, -0.2) is 30.7 Å². The van der Waals surface area contributed by atoms with Gasteiger partial charge in [0.2, 0.25) is 5.91 Å². The number of carbonyl (C=O) groups is 2. The molecule has 1 rings (SSSR count). The maximum absolute atomic E-state index is 11.3. The minimum atomic E-state index is -0.629. The Kier molecular flexibility index (Phi) is 3.82. The summed E-state index contributed by atoms with van der Waals surface area (Å²) in [5.41, 5.74) is 0.574. The third kappa shape index (κ3) is 2.78. The summed E-state index contributed by atoms with van der Waals surface area (Å²) < 4.78 is 4.54. The van der Waals surface area contributed by atoms with Crippen LogP contribution in [0.2, 0.25) is 0 Å². The van der Waals surface area contributed by atoms with E-state index >= 15 is 0 Å². The number of esters is 1. The largest absolute Gasteiger partial charge is 0.465 e. The molecule has 5 heteroatoms. The number of hydrogen-bond acceptors (Lipinski definition) is 4. The number of aliphatic hydroxyl groups is 1. The summed E-state index contributed by atoms with van der Waals surface area (Å²) in [4.78, 5) is 22.2. The first kappa shape index (κ1) is 11.2. The molecule has 0 unspecified atom stereocenters. The molecule has 1 amide bonds. The lowest BCUT2D eigenvalue weighted by molar-refractivity contribution is -0.118. The number of amides is 1. The van der Waals surface area contributed by atoms with Crippen molar-refractivity contribution in [2.45, 2.75) is 0 Å². The van der Waals surface area contributed by atoms with Gasteiger partial charge < -0.3 is 15.2 Å². The van der Waals surface area contributed by atoms with Crippen LogP contribution >= 0.6 is 0 Å². The van der Waals surface area contributed by atoms with Crippen LogP contribution in [0.4, 0.5) is 5.69 Å². The number of hydrogen-bond donors (Lipinski definition) is 2. The fraction of sp³-hybridized carbons (Fsp3) is 0.200. The van der Waals surface area contributed by atoms with Crippen LogP contribution in [0.25, 0.3) is 0 Å². The van der Waals surface area contributed by atoms with Gasteiger partial charge >= 0.3 is 5.97 Å². The van der Waals surface area contributed by atoms with Gasteiger partial charge in [0, 0.05) is 0 Å². The second-order valence-electron chi connectivity index (χ2n) is 2.74. The Bertz CT molecular complexity index is 375. The molecule has 2 N–H and O–H groups in total. The minimum Gasteiger partial charge on any atom is -0.465 e. The van der Waals surface area contributed by atoms with Crippen molar-refractivity contribution in [1.29, 1.82) is 0 Å². The molecule has 15 heavy (non-hydrogen) atoms. The van der Waals surface area contributed by atoms with Crippen LogP contribution in [0, 0.1) is 0 Å².